The van der Waals surface area contributed by atoms with Crippen molar-refractivity contribution in [3.05, 3.63) is 58.9 Å². The first-order valence-corrected chi connectivity index (χ1v) is 5.82. The molecule has 0 saturated heterocycles. The van der Waals surface area contributed by atoms with E-state index in [4.69, 9.17) is 4.42 Å². The van der Waals surface area contributed by atoms with Crippen molar-refractivity contribution in [3.63, 3.8) is 0 Å². The number of nitrogens with zero attached hydrogens (tertiary/aromatic N) is 1. The Kier molecular flexibility index (Phi) is 4.15. The van der Waals surface area contributed by atoms with E-state index in [2.05, 4.69) is 5.32 Å². The maximum absolute atomic E-state index is 11.5. The molecule has 0 radical (unpaired) electrons. The summed E-state index contributed by atoms with van der Waals surface area (Å²) in [6, 6.07) is 7.88. The van der Waals surface area contributed by atoms with Crippen molar-refractivity contribution in [2.24, 2.45) is 0 Å². The molecule has 0 aromatic carbocycles. The van der Waals surface area contributed by atoms with Crippen LogP contribution in [0.1, 0.15) is 10.6 Å². The third kappa shape index (κ3) is 3.56. The molecule has 2 heterocycles. The summed E-state index contributed by atoms with van der Waals surface area (Å²) in [7, 11) is 0. The molecule has 6 nitrogen and oxygen atoms in total. The summed E-state index contributed by atoms with van der Waals surface area (Å²) >= 11 is 0. The number of hydrogen-bond acceptors (Lipinski definition) is 4. The molecule has 0 unspecified atom stereocenters. The van der Waals surface area contributed by atoms with Gasteiger partial charge in [0, 0.05) is 18.8 Å². The van der Waals surface area contributed by atoms with Gasteiger partial charge in [0.15, 0.2) is 5.76 Å². The first kappa shape index (κ1) is 13.1. The Bertz CT molecular complexity index is 589. The molecule has 1 atom stereocenters. The molecule has 0 aliphatic heterocycles. The summed E-state index contributed by atoms with van der Waals surface area (Å²) in [6.45, 7) is 0.166. The normalized spacial score (nSPS) is 12.1. The largest absolute Gasteiger partial charge is 0.459 e. The van der Waals surface area contributed by atoms with Crippen LogP contribution in [-0.2, 0) is 6.54 Å². The lowest BCUT2D eigenvalue weighted by atomic mass is 10.3. The molecule has 19 heavy (non-hydrogen) atoms. The number of carbonyl (C=O) groups is 1. The second kappa shape index (κ2) is 6.01. The minimum atomic E-state index is -0.848. The molecule has 0 aliphatic rings. The Morgan fingerprint density at radius 1 is 1.37 bits per heavy atom. The van der Waals surface area contributed by atoms with E-state index in [1.807, 2.05) is 0 Å². The molecule has 2 aromatic heterocycles. The highest BCUT2D eigenvalue weighted by molar-refractivity contribution is 5.91. The average molecular weight is 262 g/mol. The summed E-state index contributed by atoms with van der Waals surface area (Å²) in [5, 5.41) is 12.3. The fourth-order valence-electron chi connectivity index (χ4n) is 1.61. The van der Waals surface area contributed by atoms with Crippen molar-refractivity contribution >= 4 is 5.91 Å². The predicted molar refractivity (Wildman–Crippen MR) is 67.8 cm³/mol. The maximum atomic E-state index is 11.5. The third-order valence-electron chi connectivity index (χ3n) is 2.55. The fraction of sp³-hybridized carbons (Fsp3) is 0.231. The van der Waals surface area contributed by atoms with Crippen LogP contribution < -0.4 is 10.9 Å². The van der Waals surface area contributed by atoms with E-state index in [1.165, 1.54) is 23.0 Å². The van der Waals surface area contributed by atoms with E-state index in [0.29, 0.717) is 0 Å². The summed E-state index contributed by atoms with van der Waals surface area (Å²) in [5.74, 6) is -0.214. The first-order chi connectivity index (χ1) is 9.16. The summed E-state index contributed by atoms with van der Waals surface area (Å²) < 4.78 is 6.29. The van der Waals surface area contributed by atoms with Gasteiger partial charge in [-0.25, -0.2) is 0 Å². The molecular weight excluding hydrogens is 248 g/mol. The SMILES string of the molecule is O=C(NC[C@H](O)Cn1ccccc1=O)c1ccco1. The molecular formula is C13H14N2O4. The Morgan fingerprint density at radius 3 is 2.89 bits per heavy atom. The molecule has 100 valence electrons. The van der Waals surface area contributed by atoms with E-state index in [9.17, 15) is 14.7 Å². The number of nitrogens with one attached hydrogen (secondary N) is 1. The van der Waals surface area contributed by atoms with Crippen LogP contribution in [0.15, 0.2) is 52.0 Å². The fourth-order valence-corrected chi connectivity index (χ4v) is 1.61. The van der Waals surface area contributed by atoms with E-state index in [0.717, 1.165) is 0 Å². The van der Waals surface area contributed by atoms with Gasteiger partial charge in [-0.05, 0) is 18.2 Å². The summed E-state index contributed by atoms with van der Waals surface area (Å²) in [5.41, 5.74) is -0.195. The highest BCUT2D eigenvalue weighted by Crippen LogP contribution is 1.99. The lowest BCUT2D eigenvalue weighted by molar-refractivity contribution is 0.0876. The van der Waals surface area contributed by atoms with Crippen LogP contribution in [0.5, 0.6) is 0 Å². The van der Waals surface area contributed by atoms with E-state index in [-0.39, 0.29) is 24.4 Å². The van der Waals surface area contributed by atoms with Gasteiger partial charge < -0.3 is 19.4 Å². The van der Waals surface area contributed by atoms with Crippen LogP contribution in [0, 0.1) is 0 Å². The minimum absolute atomic E-state index is 0.0425. The van der Waals surface area contributed by atoms with Crippen LogP contribution in [-0.4, -0.2) is 28.2 Å². The number of aliphatic hydroxyl groups excluding tert-OH is 1. The van der Waals surface area contributed by atoms with Crippen LogP contribution in [0.3, 0.4) is 0 Å². The Morgan fingerprint density at radius 2 is 2.21 bits per heavy atom. The Labute approximate surface area is 109 Å². The zero-order chi connectivity index (χ0) is 13.7. The monoisotopic (exact) mass is 262 g/mol. The highest BCUT2D eigenvalue weighted by atomic mass is 16.3. The Hall–Kier alpha value is -2.34. The smallest absolute Gasteiger partial charge is 0.287 e. The number of carbonyl (C=O) groups excluding carboxylic acids is 1. The second-order valence-electron chi connectivity index (χ2n) is 4.03. The number of hydrogen-bond donors (Lipinski definition) is 2. The minimum Gasteiger partial charge on any atom is -0.459 e. The van der Waals surface area contributed by atoms with Crippen molar-refractivity contribution in [1.29, 1.82) is 0 Å². The molecule has 6 heteroatoms. The van der Waals surface area contributed by atoms with Gasteiger partial charge in [0.1, 0.15) is 0 Å². The standard InChI is InChI=1S/C13H14N2O4/c16-10(9-15-6-2-1-5-12(15)17)8-14-13(18)11-4-3-7-19-11/h1-7,10,16H,8-9H2,(H,14,18)/t10-/m0/s1. The molecule has 2 rings (SSSR count). The van der Waals surface area contributed by atoms with Gasteiger partial charge in [0.25, 0.3) is 11.5 Å². The Balaban J connectivity index is 1.85. The number of rotatable bonds is 5. The molecule has 2 N–H and O–H groups in total. The molecule has 1 amide bonds. The lowest BCUT2D eigenvalue weighted by Crippen LogP contribution is -2.36. The summed E-state index contributed by atoms with van der Waals surface area (Å²) in [4.78, 5) is 23.0. The van der Waals surface area contributed by atoms with Gasteiger partial charge in [-0.3, -0.25) is 9.59 Å². The highest BCUT2D eigenvalue weighted by Gasteiger charge is 2.11. The van der Waals surface area contributed by atoms with Crippen molar-refractivity contribution in [2.45, 2.75) is 12.6 Å². The number of pyridine rings is 1. The number of furan rings is 1. The van der Waals surface area contributed by atoms with Crippen LogP contribution in [0.25, 0.3) is 0 Å². The molecule has 0 saturated carbocycles. The number of aromatic nitrogens is 1. The quantitative estimate of drug-likeness (QED) is 0.808. The van der Waals surface area contributed by atoms with Gasteiger partial charge in [-0.15, -0.1) is 0 Å². The summed E-state index contributed by atoms with van der Waals surface area (Å²) in [6.07, 6.45) is 2.13. The van der Waals surface area contributed by atoms with Gasteiger partial charge in [-0.2, -0.15) is 0 Å². The van der Waals surface area contributed by atoms with Crippen molar-refractivity contribution in [1.82, 2.24) is 9.88 Å². The topological polar surface area (TPSA) is 84.5 Å². The predicted octanol–water partition coefficient (Wildman–Crippen LogP) is 0.232. The molecule has 0 spiro atoms. The van der Waals surface area contributed by atoms with Gasteiger partial charge in [0.2, 0.25) is 0 Å². The van der Waals surface area contributed by atoms with Crippen LogP contribution in [0.4, 0.5) is 0 Å². The lowest BCUT2D eigenvalue weighted by Gasteiger charge is -2.12. The van der Waals surface area contributed by atoms with Crippen molar-refractivity contribution < 1.29 is 14.3 Å². The van der Waals surface area contributed by atoms with Gasteiger partial charge in [0.05, 0.1) is 18.9 Å². The molecule has 0 aliphatic carbocycles. The number of aliphatic hydroxyl groups is 1. The molecule has 0 bridgehead atoms. The van der Waals surface area contributed by atoms with E-state index in [1.54, 1.807) is 24.4 Å². The van der Waals surface area contributed by atoms with Crippen LogP contribution >= 0.6 is 0 Å². The molecule has 0 fully saturated rings. The second-order valence-corrected chi connectivity index (χ2v) is 4.03. The van der Waals surface area contributed by atoms with E-state index >= 15 is 0 Å². The average Bonchev–Trinajstić information content (AvgIpc) is 2.93. The molecule has 2 aromatic rings. The number of amides is 1. The zero-order valence-electron chi connectivity index (χ0n) is 10.2. The van der Waals surface area contributed by atoms with Gasteiger partial charge >= 0.3 is 0 Å². The van der Waals surface area contributed by atoms with Crippen molar-refractivity contribution in [2.75, 3.05) is 6.54 Å². The first-order valence-electron chi connectivity index (χ1n) is 5.82. The van der Waals surface area contributed by atoms with Crippen molar-refractivity contribution in [3.8, 4) is 0 Å². The van der Waals surface area contributed by atoms with Gasteiger partial charge in [-0.1, -0.05) is 6.07 Å². The van der Waals surface area contributed by atoms with Crippen LogP contribution in [0.2, 0.25) is 0 Å². The zero-order valence-corrected chi connectivity index (χ0v) is 10.2. The third-order valence-corrected chi connectivity index (χ3v) is 2.55. The maximum Gasteiger partial charge on any atom is 0.287 e. The van der Waals surface area contributed by atoms with E-state index < -0.39 is 12.0 Å².